The molecule has 1 aliphatic carbocycles. The van der Waals surface area contributed by atoms with Gasteiger partial charge >= 0.3 is 0 Å². The average molecular weight is 330 g/mol. The molecule has 0 radical (unpaired) electrons. The average Bonchev–Trinajstić information content (AvgIpc) is 3.22. The molecule has 1 saturated heterocycles. The van der Waals surface area contributed by atoms with Crippen molar-refractivity contribution < 1.29 is 9.53 Å². The molecule has 4 rings (SSSR count). The van der Waals surface area contributed by atoms with Crippen LogP contribution in [-0.4, -0.2) is 64.7 Å². The second kappa shape index (κ2) is 7.07. The molecule has 1 amide bonds. The maximum absolute atomic E-state index is 12.7. The monoisotopic (exact) mass is 330 g/mol. The Bertz CT molecular complexity index is 611. The van der Waals surface area contributed by atoms with Crippen molar-refractivity contribution in [1.29, 1.82) is 0 Å². The van der Waals surface area contributed by atoms with Crippen molar-refractivity contribution in [3.05, 3.63) is 29.9 Å². The lowest BCUT2D eigenvalue weighted by Gasteiger charge is -2.27. The number of hydrogen-bond acceptors (Lipinski definition) is 4. The Kier molecular flexibility index (Phi) is 4.67. The van der Waals surface area contributed by atoms with Crippen LogP contribution in [0.3, 0.4) is 0 Å². The molecule has 6 nitrogen and oxygen atoms in total. The molecule has 24 heavy (non-hydrogen) atoms. The first-order valence-corrected chi connectivity index (χ1v) is 9.08. The molecule has 0 unspecified atom stereocenters. The lowest BCUT2D eigenvalue weighted by molar-refractivity contribution is -0.135. The van der Waals surface area contributed by atoms with Crippen LogP contribution in [0, 0.1) is 5.92 Å². The van der Waals surface area contributed by atoms with Gasteiger partial charge in [-0.15, -0.1) is 0 Å². The lowest BCUT2D eigenvalue weighted by atomic mass is 10.1. The Morgan fingerprint density at radius 3 is 2.71 bits per heavy atom. The van der Waals surface area contributed by atoms with Crippen LogP contribution in [0.5, 0.6) is 0 Å². The van der Waals surface area contributed by atoms with E-state index in [2.05, 4.69) is 26.6 Å². The van der Waals surface area contributed by atoms with Gasteiger partial charge in [0.15, 0.2) is 0 Å². The van der Waals surface area contributed by atoms with Gasteiger partial charge in [-0.3, -0.25) is 9.69 Å². The van der Waals surface area contributed by atoms with Gasteiger partial charge in [0.2, 0.25) is 5.91 Å². The van der Waals surface area contributed by atoms with E-state index in [-0.39, 0.29) is 5.92 Å². The van der Waals surface area contributed by atoms with Crippen molar-refractivity contribution in [2.75, 3.05) is 39.4 Å². The fourth-order valence-electron chi connectivity index (χ4n) is 3.91. The van der Waals surface area contributed by atoms with Crippen molar-refractivity contribution >= 4 is 5.91 Å². The first-order chi connectivity index (χ1) is 11.8. The van der Waals surface area contributed by atoms with Gasteiger partial charge < -0.3 is 14.2 Å². The topological polar surface area (TPSA) is 50.6 Å². The van der Waals surface area contributed by atoms with Gasteiger partial charge in [-0.2, -0.15) is 0 Å². The number of allylic oxidation sites excluding steroid dienone is 2. The van der Waals surface area contributed by atoms with Gasteiger partial charge in [-0.25, -0.2) is 4.98 Å². The van der Waals surface area contributed by atoms with Crippen LogP contribution in [0.25, 0.3) is 0 Å². The number of rotatable bonds is 3. The minimum atomic E-state index is 0.170. The molecule has 1 aromatic rings. The molecule has 1 aromatic heterocycles. The quantitative estimate of drug-likeness (QED) is 0.778. The summed E-state index contributed by atoms with van der Waals surface area (Å²) in [6, 6.07) is 0. The number of carbonyl (C=O) groups excluding carboxylic acids is 1. The number of imidazole rings is 1. The highest BCUT2D eigenvalue weighted by Crippen LogP contribution is 2.22. The largest absolute Gasteiger partial charge is 0.379 e. The van der Waals surface area contributed by atoms with Crippen molar-refractivity contribution in [2.45, 2.75) is 32.4 Å². The van der Waals surface area contributed by atoms with Crippen molar-refractivity contribution in [3.8, 4) is 0 Å². The highest BCUT2D eigenvalue weighted by atomic mass is 16.5. The van der Waals surface area contributed by atoms with E-state index in [0.717, 1.165) is 77.6 Å². The Labute approximate surface area is 143 Å². The standard InChI is InChI=1S/C18H26N4O2/c23-18(15-3-1-2-4-15)21-6-5-17-19-13-16(22(17)8-7-21)14-20-9-11-24-12-10-20/h1-2,13,15H,3-12,14H2. The number of fused-ring (bicyclic) bond motifs is 1. The Hall–Kier alpha value is -1.66. The third-order valence-electron chi connectivity index (χ3n) is 5.38. The Balaban J connectivity index is 1.40. The number of morpholine rings is 1. The second-order valence-electron chi connectivity index (χ2n) is 6.92. The highest BCUT2D eigenvalue weighted by Gasteiger charge is 2.27. The maximum atomic E-state index is 12.7. The number of hydrogen-bond donors (Lipinski definition) is 0. The third kappa shape index (κ3) is 3.26. The third-order valence-corrected chi connectivity index (χ3v) is 5.38. The SMILES string of the molecule is O=C(C1CC=CC1)N1CCc2ncc(CN3CCOCC3)n2CC1. The fourth-order valence-corrected chi connectivity index (χ4v) is 3.91. The van der Waals surface area contributed by atoms with Gasteiger partial charge in [0.25, 0.3) is 0 Å². The molecule has 0 saturated carbocycles. The predicted octanol–water partition coefficient (Wildman–Crippen LogP) is 1.07. The Morgan fingerprint density at radius 2 is 1.92 bits per heavy atom. The maximum Gasteiger partial charge on any atom is 0.226 e. The minimum absolute atomic E-state index is 0.170. The smallest absolute Gasteiger partial charge is 0.226 e. The van der Waals surface area contributed by atoms with Gasteiger partial charge in [-0.05, 0) is 12.8 Å². The fraction of sp³-hybridized carbons (Fsp3) is 0.667. The number of ether oxygens (including phenoxy) is 1. The molecule has 0 N–H and O–H groups in total. The van der Waals surface area contributed by atoms with Crippen LogP contribution < -0.4 is 0 Å². The molecular formula is C18H26N4O2. The van der Waals surface area contributed by atoms with Gasteiger partial charge in [0, 0.05) is 57.8 Å². The zero-order chi connectivity index (χ0) is 16.4. The number of aromatic nitrogens is 2. The van der Waals surface area contributed by atoms with Crippen molar-refractivity contribution in [1.82, 2.24) is 19.4 Å². The van der Waals surface area contributed by atoms with E-state index < -0.39 is 0 Å². The van der Waals surface area contributed by atoms with E-state index in [4.69, 9.17) is 4.74 Å². The first-order valence-electron chi connectivity index (χ1n) is 9.08. The molecular weight excluding hydrogens is 304 g/mol. The molecule has 1 fully saturated rings. The molecule has 3 heterocycles. The second-order valence-corrected chi connectivity index (χ2v) is 6.92. The number of amides is 1. The molecule has 0 atom stereocenters. The summed E-state index contributed by atoms with van der Waals surface area (Å²) >= 11 is 0. The molecule has 0 spiro atoms. The van der Waals surface area contributed by atoms with E-state index in [1.807, 2.05) is 11.1 Å². The van der Waals surface area contributed by atoms with Crippen LogP contribution in [0.4, 0.5) is 0 Å². The predicted molar refractivity (Wildman–Crippen MR) is 90.5 cm³/mol. The Morgan fingerprint density at radius 1 is 1.12 bits per heavy atom. The summed E-state index contributed by atoms with van der Waals surface area (Å²) in [6.07, 6.45) is 8.94. The zero-order valence-corrected chi connectivity index (χ0v) is 14.2. The molecule has 0 bridgehead atoms. The molecule has 2 aliphatic heterocycles. The van der Waals surface area contributed by atoms with Gasteiger partial charge in [-0.1, -0.05) is 12.2 Å². The van der Waals surface area contributed by atoms with E-state index in [1.165, 1.54) is 5.69 Å². The summed E-state index contributed by atoms with van der Waals surface area (Å²) in [5, 5.41) is 0. The molecule has 3 aliphatic rings. The summed E-state index contributed by atoms with van der Waals surface area (Å²) in [5.41, 5.74) is 1.27. The highest BCUT2D eigenvalue weighted by molar-refractivity contribution is 5.79. The lowest BCUT2D eigenvalue weighted by Crippen LogP contribution is -2.38. The van der Waals surface area contributed by atoms with Crippen LogP contribution in [0.2, 0.25) is 0 Å². The van der Waals surface area contributed by atoms with Gasteiger partial charge in [0.05, 0.1) is 18.9 Å². The first kappa shape index (κ1) is 15.8. The van der Waals surface area contributed by atoms with Crippen molar-refractivity contribution in [2.24, 2.45) is 5.92 Å². The van der Waals surface area contributed by atoms with Crippen LogP contribution in [0.15, 0.2) is 18.3 Å². The van der Waals surface area contributed by atoms with E-state index >= 15 is 0 Å². The van der Waals surface area contributed by atoms with Gasteiger partial charge in [0.1, 0.15) is 5.82 Å². The summed E-state index contributed by atoms with van der Waals surface area (Å²) in [4.78, 5) is 21.8. The van der Waals surface area contributed by atoms with E-state index in [9.17, 15) is 4.79 Å². The molecule has 6 heteroatoms. The van der Waals surface area contributed by atoms with E-state index in [1.54, 1.807) is 0 Å². The normalized spacial score (nSPS) is 22.6. The minimum Gasteiger partial charge on any atom is -0.379 e. The van der Waals surface area contributed by atoms with E-state index in [0.29, 0.717) is 5.91 Å². The van der Waals surface area contributed by atoms with Crippen molar-refractivity contribution in [3.63, 3.8) is 0 Å². The summed E-state index contributed by atoms with van der Waals surface area (Å²) in [6.45, 7) is 6.99. The molecule has 130 valence electrons. The zero-order valence-electron chi connectivity index (χ0n) is 14.2. The number of nitrogens with zero attached hydrogens (tertiary/aromatic N) is 4. The number of carbonyl (C=O) groups is 1. The summed E-state index contributed by atoms with van der Waals surface area (Å²) in [5.74, 6) is 1.61. The summed E-state index contributed by atoms with van der Waals surface area (Å²) in [7, 11) is 0. The van der Waals surface area contributed by atoms with Crippen LogP contribution in [-0.2, 0) is 29.0 Å². The van der Waals surface area contributed by atoms with Crippen LogP contribution in [0.1, 0.15) is 24.4 Å². The van der Waals surface area contributed by atoms with Crippen LogP contribution >= 0.6 is 0 Å². The summed E-state index contributed by atoms with van der Waals surface area (Å²) < 4.78 is 7.76. The molecule has 0 aromatic carbocycles.